The van der Waals surface area contributed by atoms with Gasteiger partial charge in [0.25, 0.3) is 5.91 Å². The number of aliphatic hydroxyl groups excluding tert-OH is 3. The fraction of sp³-hybridized carbons (Fsp3) is 0.360. The maximum absolute atomic E-state index is 13.7. The van der Waals surface area contributed by atoms with E-state index in [2.05, 4.69) is 0 Å². The number of nitrogens with zero attached hydrogens (tertiary/aromatic N) is 1. The van der Waals surface area contributed by atoms with E-state index >= 15 is 0 Å². The smallest absolute Gasteiger partial charge is 0.328 e. The highest BCUT2D eigenvalue weighted by Gasteiger charge is 2.67. The summed E-state index contributed by atoms with van der Waals surface area (Å²) in [5, 5.41) is 65.0. The summed E-state index contributed by atoms with van der Waals surface area (Å²) in [5.41, 5.74) is 0.732. The highest BCUT2D eigenvalue weighted by atomic mass is 16.4. The number of carboxylic acid groups (broad SMARTS) is 1. The molecule has 0 unspecified atom stereocenters. The summed E-state index contributed by atoms with van der Waals surface area (Å²) >= 11 is 0. The lowest BCUT2D eigenvalue weighted by molar-refractivity contribution is -0.162. The predicted molar refractivity (Wildman–Crippen MR) is 126 cm³/mol. The number of hydrogen-bond donors (Lipinski definition) is 7. The highest BCUT2D eigenvalue weighted by molar-refractivity contribution is 6.25. The minimum atomic E-state index is -3.00. The third kappa shape index (κ3) is 3.40. The van der Waals surface area contributed by atoms with Crippen molar-refractivity contribution in [2.24, 2.45) is 17.6 Å². The van der Waals surface area contributed by atoms with Gasteiger partial charge >= 0.3 is 5.97 Å². The average molecular weight is 514 g/mol. The monoisotopic (exact) mass is 514 g/mol. The second-order valence-electron chi connectivity index (χ2n) is 9.69. The van der Waals surface area contributed by atoms with Crippen LogP contribution in [0.15, 0.2) is 40.9 Å². The van der Waals surface area contributed by atoms with Gasteiger partial charge in [-0.25, -0.2) is 4.79 Å². The van der Waals surface area contributed by atoms with Crippen LogP contribution < -0.4 is 5.73 Å². The van der Waals surface area contributed by atoms with E-state index in [9.17, 15) is 44.7 Å². The summed E-state index contributed by atoms with van der Waals surface area (Å²) < 4.78 is 0. The molecule has 0 radical (unpaired) electrons. The molecule has 3 aliphatic carbocycles. The number of aromatic hydroxyl groups is 1. The Morgan fingerprint density at radius 3 is 2.30 bits per heavy atom. The summed E-state index contributed by atoms with van der Waals surface area (Å²) in [7, 11) is 2.90. The van der Waals surface area contributed by atoms with Crippen LogP contribution in [0.5, 0.6) is 5.75 Å². The molecule has 12 nitrogen and oxygen atoms in total. The molecule has 0 fully saturated rings. The van der Waals surface area contributed by atoms with Crippen LogP contribution in [0.4, 0.5) is 0 Å². The molecule has 0 heterocycles. The zero-order valence-corrected chi connectivity index (χ0v) is 20.0. The van der Waals surface area contributed by atoms with Crippen molar-refractivity contribution in [3.8, 4) is 5.75 Å². The highest BCUT2D eigenvalue weighted by Crippen LogP contribution is 2.55. The molecule has 1 amide bonds. The lowest BCUT2D eigenvalue weighted by Crippen LogP contribution is -2.68. The van der Waals surface area contributed by atoms with Crippen molar-refractivity contribution in [2.45, 2.75) is 30.6 Å². The molecule has 0 aromatic heterocycles. The first-order valence-corrected chi connectivity index (χ1v) is 11.3. The number of ketones is 2. The fourth-order valence-corrected chi connectivity index (χ4v) is 5.93. The second kappa shape index (κ2) is 8.54. The Kier molecular flexibility index (Phi) is 6.02. The third-order valence-corrected chi connectivity index (χ3v) is 7.57. The van der Waals surface area contributed by atoms with E-state index in [-0.39, 0.29) is 16.7 Å². The van der Waals surface area contributed by atoms with Gasteiger partial charge < -0.3 is 36.4 Å². The number of Topliss-reactive ketones (excluding diaryl/α,β-unsaturated/α-hetero) is 2. The SMILES string of the molecule is C[C@@H]1c2ccc(/C=C/C(=O)O)c(O)c2C(=O)C2=C(O)[C@@]3(O)C(=O)C(C(N)=O)=C(O)[C@H](N(C)C)[C@H]3[C@H](O)[C@H]21. The summed E-state index contributed by atoms with van der Waals surface area (Å²) in [6, 6.07) is 1.51. The Morgan fingerprint density at radius 2 is 1.76 bits per heavy atom. The van der Waals surface area contributed by atoms with Gasteiger partial charge in [-0.05, 0) is 31.7 Å². The standard InChI is InChI=1S/C25H26N2O10/c1-8-10-6-4-9(5-7-11(28)29)18(30)13(10)19(31)14-12(8)20(32)16-17(27(2)3)21(33)15(24(26)36)23(35)25(16,37)22(14)34/h4-8,12,16-17,20,30,32-34,37H,1-3H3,(H2,26,36)(H,28,29)/b7-5+/t8-,12+,16+,17-,20-,25-/m1/s1. The number of rotatable bonds is 4. The number of likely N-dealkylation sites (N-methyl/N-ethyl adjacent to an activating group) is 1. The van der Waals surface area contributed by atoms with E-state index in [0.29, 0.717) is 0 Å². The van der Waals surface area contributed by atoms with E-state index < -0.39 is 87.4 Å². The first kappa shape index (κ1) is 26.1. The number of aliphatic carboxylic acids is 1. The molecule has 0 saturated carbocycles. The number of aliphatic hydroxyl groups is 4. The van der Waals surface area contributed by atoms with Crippen LogP contribution in [0.3, 0.4) is 0 Å². The maximum Gasteiger partial charge on any atom is 0.328 e. The van der Waals surface area contributed by atoms with Crippen LogP contribution in [-0.4, -0.2) is 90.8 Å². The van der Waals surface area contributed by atoms with Gasteiger partial charge in [0, 0.05) is 23.1 Å². The number of primary amides is 1. The molecular weight excluding hydrogens is 488 g/mol. The number of amides is 1. The van der Waals surface area contributed by atoms with E-state index in [4.69, 9.17) is 10.8 Å². The minimum absolute atomic E-state index is 0.0153. The first-order valence-electron chi connectivity index (χ1n) is 11.3. The summed E-state index contributed by atoms with van der Waals surface area (Å²) in [6.07, 6.45) is 0.126. The van der Waals surface area contributed by atoms with Crippen molar-refractivity contribution in [2.75, 3.05) is 14.1 Å². The molecule has 37 heavy (non-hydrogen) atoms. The molecule has 0 saturated heterocycles. The van der Waals surface area contributed by atoms with Gasteiger partial charge in [-0.2, -0.15) is 0 Å². The maximum atomic E-state index is 13.7. The summed E-state index contributed by atoms with van der Waals surface area (Å²) in [5.74, 6) is -11.2. The van der Waals surface area contributed by atoms with E-state index in [1.807, 2.05) is 0 Å². The van der Waals surface area contributed by atoms with Gasteiger partial charge in [-0.15, -0.1) is 0 Å². The van der Waals surface area contributed by atoms with Crippen LogP contribution in [-0.2, 0) is 14.4 Å². The zero-order chi connectivity index (χ0) is 27.7. The topological polar surface area (TPSA) is 219 Å². The lowest BCUT2D eigenvalue weighted by atomic mass is 9.55. The Morgan fingerprint density at radius 1 is 1.14 bits per heavy atom. The largest absolute Gasteiger partial charge is 0.510 e. The van der Waals surface area contributed by atoms with Gasteiger partial charge in [0.05, 0.1) is 23.6 Å². The van der Waals surface area contributed by atoms with Crippen LogP contribution in [0.1, 0.15) is 34.3 Å². The summed E-state index contributed by atoms with van der Waals surface area (Å²) in [4.78, 5) is 51.3. The zero-order valence-electron chi connectivity index (χ0n) is 20.0. The molecule has 196 valence electrons. The normalized spacial score (nSPS) is 31.5. The molecule has 12 heteroatoms. The Bertz CT molecular complexity index is 1360. The number of carbonyl (C=O) groups is 4. The van der Waals surface area contributed by atoms with Crippen molar-refractivity contribution in [1.29, 1.82) is 0 Å². The van der Waals surface area contributed by atoms with Crippen molar-refractivity contribution in [1.82, 2.24) is 4.90 Å². The van der Waals surface area contributed by atoms with Gasteiger partial charge in [-0.1, -0.05) is 19.1 Å². The van der Waals surface area contributed by atoms with Gasteiger partial charge in [0.2, 0.25) is 5.78 Å². The van der Waals surface area contributed by atoms with Crippen LogP contribution in [0, 0.1) is 11.8 Å². The van der Waals surface area contributed by atoms with Crippen molar-refractivity contribution in [3.05, 3.63) is 57.6 Å². The Balaban J connectivity index is 2.01. The molecule has 0 spiro atoms. The molecular formula is C25H26N2O10. The summed E-state index contributed by atoms with van der Waals surface area (Å²) in [6.45, 7) is 1.60. The van der Waals surface area contributed by atoms with Crippen molar-refractivity contribution >= 4 is 29.5 Å². The predicted octanol–water partition coefficient (Wildman–Crippen LogP) is -0.250. The molecule has 0 aliphatic heterocycles. The quantitative estimate of drug-likeness (QED) is 0.205. The van der Waals surface area contributed by atoms with Gasteiger partial charge in [0.1, 0.15) is 22.8 Å². The number of carbonyl (C=O) groups excluding carboxylic acids is 3. The van der Waals surface area contributed by atoms with Crippen LogP contribution in [0.25, 0.3) is 6.08 Å². The third-order valence-electron chi connectivity index (χ3n) is 7.57. The van der Waals surface area contributed by atoms with E-state index in [0.717, 1.165) is 12.2 Å². The van der Waals surface area contributed by atoms with E-state index in [1.54, 1.807) is 6.92 Å². The number of carboxylic acids is 1. The average Bonchev–Trinajstić information content (AvgIpc) is 2.80. The van der Waals surface area contributed by atoms with Crippen LogP contribution in [0.2, 0.25) is 0 Å². The number of phenols is 1. The molecule has 1 aromatic rings. The molecule has 0 bridgehead atoms. The first-order chi connectivity index (χ1) is 17.2. The molecule has 8 N–H and O–H groups in total. The molecule has 4 rings (SSSR count). The second-order valence-corrected chi connectivity index (χ2v) is 9.69. The number of phenolic OH excluding ortho intramolecular Hbond substituents is 1. The van der Waals surface area contributed by atoms with Crippen molar-refractivity contribution in [3.63, 3.8) is 0 Å². The van der Waals surface area contributed by atoms with Crippen molar-refractivity contribution < 1.29 is 49.8 Å². The lowest BCUT2D eigenvalue weighted by Gasteiger charge is -2.53. The number of fused-ring (bicyclic) bond motifs is 3. The molecule has 3 aliphatic rings. The van der Waals surface area contributed by atoms with Crippen LogP contribution >= 0.6 is 0 Å². The number of benzene rings is 1. The minimum Gasteiger partial charge on any atom is -0.510 e. The number of nitrogens with two attached hydrogens (primary N) is 1. The Labute approximate surface area is 210 Å². The van der Waals surface area contributed by atoms with E-state index in [1.165, 1.54) is 31.1 Å². The van der Waals surface area contributed by atoms with Gasteiger partial charge in [0.15, 0.2) is 11.4 Å². The van der Waals surface area contributed by atoms with Gasteiger partial charge in [-0.3, -0.25) is 19.3 Å². The number of hydrogen-bond acceptors (Lipinski definition) is 10. The molecule has 1 aromatic carbocycles. The fourth-order valence-electron chi connectivity index (χ4n) is 5.93. The Hall–Kier alpha value is -4.00. The molecule has 6 atom stereocenters.